The average molecular weight is 651 g/mol. The molecule has 2 saturated heterocycles. The third kappa shape index (κ3) is 8.39. The number of ketones is 2. The number of anilines is 2. The van der Waals surface area contributed by atoms with Crippen molar-refractivity contribution >= 4 is 88.2 Å². The lowest BCUT2D eigenvalue weighted by molar-refractivity contribution is -0.121. The molecule has 0 aliphatic carbocycles. The molecule has 2 aliphatic rings. The minimum atomic E-state index is -0.451. The van der Waals surface area contributed by atoms with Crippen LogP contribution in [0, 0.1) is 0 Å². The molecule has 0 aromatic carbocycles. The molecule has 43 heavy (non-hydrogen) atoms. The molecular weight excluding hydrogens is 624 g/mol. The number of thiazole rings is 2. The molecule has 0 bridgehead atoms. The van der Waals surface area contributed by atoms with Crippen LogP contribution < -0.4 is 20.5 Å². The van der Waals surface area contributed by atoms with Crippen molar-refractivity contribution in [2.24, 2.45) is 0 Å². The Balaban J connectivity index is 0.000000163. The number of carbonyl (C=O) groups is 4. The molecular formula is C24H27ClN10O6S2. The van der Waals surface area contributed by atoms with Gasteiger partial charge in [0.25, 0.3) is 0 Å². The molecule has 0 spiro atoms. The van der Waals surface area contributed by atoms with Gasteiger partial charge in [-0.2, -0.15) is 9.97 Å². The van der Waals surface area contributed by atoms with Gasteiger partial charge in [0.15, 0.2) is 31.0 Å². The SMILES string of the molecule is COc1ncnc2sc(N)nc12.COc1ncnc2sc(NC(=O)N3CCC(=O)CC3)nc12.O=C1CCN(C(=O)Cl)CC1. The zero-order chi connectivity index (χ0) is 30.9. The van der Waals surface area contributed by atoms with E-state index < -0.39 is 5.37 Å². The number of halogens is 1. The number of carbonyl (C=O) groups excluding carboxylic acids is 4. The van der Waals surface area contributed by atoms with Crippen LogP contribution in [0.2, 0.25) is 0 Å². The Bertz CT molecular complexity index is 1610. The van der Waals surface area contributed by atoms with Crippen LogP contribution in [0.1, 0.15) is 25.7 Å². The third-order valence-electron chi connectivity index (χ3n) is 6.12. The summed E-state index contributed by atoms with van der Waals surface area (Å²) >= 11 is 7.75. The van der Waals surface area contributed by atoms with Crippen LogP contribution in [0.5, 0.6) is 11.8 Å². The number of fused-ring (bicyclic) bond motifs is 2. The number of hydrogen-bond donors (Lipinski definition) is 2. The lowest BCUT2D eigenvalue weighted by atomic mass is 10.1. The lowest BCUT2D eigenvalue weighted by Crippen LogP contribution is -2.41. The number of Topliss-reactive ketones (excluding diaryl/α,β-unsaturated/α-hetero) is 2. The predicted octanol–water partition coefficient (Wildman–Crippen LogP) is 2.98. The van der Waals surface area contributed by atoms with Crippen LogP contribution in [0.4, 0.5) is 19.9 Å². The van der Waals surface area contributed by atoms with Gasteiger partial charge < -0.3 is 25.0 Å². The molecule has 2 fully saturated rings. The number of piperidine rings is 2. The molecule has 4 aromatic heterocycles. The number of nitrogens with zero attached hydrogens (tertiary/aromatic N) is 8. The summed E-state index contributed by atoms with van der Waals surface area (Å²) in [6.45, 7) is 1.86. The Morgan fingerprint density at radius 1 is 0.814 bits per heavy atom. The van der Waals surface area contributed by atoms with Crippen LogP contribution in [0.3, 0.4) is 0 Å². The van der Waals surface area contributed by atoms with Gasteiger partial charge in [0.1, 0.15) is 24.2 Å². The number of rotatable bonds is 3. The fraction of sp³-hybridized carbons (Fsp3) is 0.417. The zero-order valence-electron chi connectivity index (χ0n) is 23.1. The van der Waals surface area contributed by atoms with Crippen molar-refractivity contribution in [3.8, 4) is 11.8 Å². The number of amides is 3. The van der Waals surface area contributed by atoms with E-state index in [0.29, 0.717) is 89.7 Å². The van der Waals surface area contributed by atoms with Crippen LogP contribution in [0.25, 0.3) is 20.7 Å². The summed E-state index contributed by atoms with van der Waals surface area (Å²) in [6.07, 6.45) is 4.55. The van der Waals surface area contributed by atoms with E-state index in [2.05, 4.69) is 35.2 Å². The largest absolute Gasteiger partial charge is 0.479 e. The number of urea groups is 1. The molecule has 0 radical (unpaired) electrons. The topological polar surface area (TPSA) is 209 Å². The molecule has 2 aliphatic heterocycles. The van der Waals surface area contributed by atoms with Crippen LogP contribution >= 0.6 is 34.3 Å². The Hall–Kier alpha value is -4.29. The molecule has 228 valence electrons. The predicted molar refractivity (Wildman–Crippen MR) is 160 cm³/mol. The monoisotopic (exact) mass is 650 g/mol. The van der Waals surface area contributed by atoms with Gasteiger partial charge in [-0.1, -0.05) is 22.7 Å². The van der Waals surface area contributed by atoms with Gasteiger partial charge in [0.2, 0.25) is 11.8 Å². The lowest BCUT2D eigenvalue weighted by Gasteiger charge is -2.25. The molecule has 3 N–H and O–H groups in total. The highest BCUT2D eigenvalue weighted by Gasteiger charge is 2.22. The Labute approximate surface area is 257 Å². The maximum absolute atomic E-state index is 12.1. The van der Waals surface area contributed by atoms with E-state index in [1.165, 1.54) is 54.4 Å². The van der Waals surface area contributed by atoms with Gasteiger partial charge in [-0.05, 0) is 11.6 Å². The Morgan fingerprint density at radius 3 is 1.81 bits per heavy atom. The highest BCUT2D eigenvalue weighted by Crippen LogP contribution is 2.29. The van der Waals surface area contributed by atoms with E-state index in [9.17, 15) is 19.2 Å². The van der Waals surface area contributed by atoms with E-state index in [4.69, 9.17) is 26.8 Å². The molecule has 16 nitrogen and oxygen atoms in total. The number of ether oxygens (including phenoxy) is 2. The quantitative estimate of drug-likeness (QED) is 0.242. The second kappa shape index (κ2) is 14.7. The van der Waals surface area contributed by atoms with Gasteiger partial charge in [-0.25, -0.2) is 24.7 Å². The number of hydrogen-bond acceptors (Lipinski definition) is 15. The Morgan fingerprint density at radius 2 is 1.30 bits per heavy atom. The minimum Gasteiger partial charge on any atom is -0.479 e. The molecule has 6 rings (SSSR count). The van der Waals surface area contributed by atoms with Gasteiger partial charge in [0, 0.05) is 51.9 Å². The summed E-state index contributed by atoms with van der Waals surface area (Å²) in [5.74, 6) is 1.25. The first kappa shape index (κ1) is 31.6. The summed E-state index contributed by atoms with van der Waals surface area (Å²) in [5.41, 5.74) is 6.65. The van der Waals surface area contributed by atoms with Gasteiger partial charge >= 0.3 is 11.4 Å². The van der Waals surface area contributed by atoms with Crippen molar-refractivity contribution in [2.75, 3.05) is 51.4 Å². The highest BCUT2D eigenvalue weighted by atomic mass is 35.5. The summed E-state index contributed by atoms with van der Waals surface area (Å²) in [6, 6.07) is -0.256. The van der Waals surface area contributed by atoms with E-state index in [1.807, 2.05) is 0 Å². The standard InChI is InChI=1S/C12H13N5O3S.C6H8ClNO2.C6H6N4OS/c1-20-9-8-10(14-6-13-9)21-11(15-8)16-12(19)17-4-2-7(18)3-5-17;7-6(10)8-3-1-5(9)2-4-8;1-11-4-3-5(9-2-8-4)12-6(7)10-3/h6H,2-5H2,1H3,(H,15,16,19);1-4H2;2H,1H3,(H2,7,10). The molecule has 0 unspecified atom stereocenters. The van der Waals surface area contributed by atoms with E-state index in [-0.39, 0.29) is 17.6 Å². The second-order valence-electron chi connectivity index (χ2n) is 8.88. The van der Waals surface area contributed by atoms with Crippen molar-refractivity contribution in [1.29, 1.82) is 0 Å². The maximum atomic E-state index is 12.1. The fourth-order valence-corrected chi connectivity index (χ4v) is 5.52. The summed E-state index contributed by atoms with van der Waals surface area (Å²) < 4.78 is 10.1. The molecule has 4 aromatic rings. The van der Waals surface area contributed by atoms with Crippen LogP contribution in [-0.4, -0.2) is 103 Å². The molecule has 19 heteroatoms. The first-order chi connectivity index (χ1) is 20.7. The maximum Gasteiger partial charge on any atom is 0.323 e. The van der Waals surface area contributed by atoms with Gasteiger partial charge in [0.05, 0.1) is 14.2 Å². The van der Waals surface area contributed by atoms with Crippen molar-refractivity contribution in [1.82, 2.24) is 39.7 Å². The molecule has 6 heterocycles. The number of nitrogens with two attached hydrogens (primary N) is 1. The number of nitrogen functional groups attached to an aromatic ring is 1. The molecule has 3 amide bonds. The molecule has 0 atom stereocenters. The summed E-state index contributed by atoms with van der Waals surface area (Å²) in [5, 5.41) is 3.19. The smallest absolute Gasteiger partial charge is 0.323 e. The fourth-order valence-electron chi connectivity index (χ4n) is 3.90. The number of nitrogens with one attached hydrogen (secondary N) is 1. The number of likely N-dealkylation sites (tertiary alicyclic amines) is 2. The number of methoxy groups -OCH3 is 2. The number of aromatic nitrogens is 6. The Kier molecular flexibility index (Phi) is 10.8. The summed E-state index contributed by atoms with van der Waals surface area (Å²) in [7, 11) is 3.04. The summed E-state index contributed by atoms with van der Waals surface area (Å²) in [4.78, 5) is 73.2. The normalized spacial score (nSPS) is 14.9. The highest BCUT2D eigenvalue weighted by molar-refractivity contribution is 7.22. The van der Waals surface area contributed by atoms with Gasteiger partial charge in [-0.3, -0.25) is 19.7 Å². The molecule has 0 saturated carbocycles. The average Bonchev–Trinajstić information content (AvgIpc) is 3.60. The van der Waals surface area contributed by atoms with E-state index in [0.717, 1.165) is 4.83 Å². The zero-order valence-corrected chi connectivity index (χ0v) is 25.5. The second-order valence-corrected chi connectivity index (χ2v) is 11.2. The van der Waals surface area contributed by atoms with Crippen molar-refractivity contribution < 1.29 is 28.7 Å². The van der Waals surface area contributed by atoms with Crippen molar-refractivity contribution in [2.45, 2.75) is 25.7 Å². The third-order valence-corrected chi connectivity index (χ3v) is 8.03. The van der Waals surface area contributed by atoms with Gasteiger partial charge in [-0.15, -0.1) is 0 Å². The van der Waals surface area contributed by atoms with E-state index in [1.54, 1.807) is 4.90 Å². The van der Waals surface area contributed by atoms with Crippen molar-refractivity contribution in [3.05, 3.63) is 12.7 Å². The van der Waals surface area contributed by atoms with Crippen molar-refractivity contribution in [3.63, 3.8) is 0 Å². The first-order valence-electron chi connectivity index (χ1n) is 12.8. The van der Waals surface area contributed by atoms with E-state index >= 15 is 0 Å². The van der Waals surface area contributed by atoms with Crippen LogP contribution in [0.15, 0.2) is 12.7 Å². The first-order valence-corrected chi connectivity index (χ1v) is 14.8. The minimum absolute atomic E-state index is 0.194. The van der Waals surface area contributed by atoms with Crippen LogP contribution in [-0.2, 0) is 9.59 Å².